The van der Waals surface area contributed by atoms with Crippen LogP contribution in [0, 0.1) is 17.0 Å². The third kappa shape index (κ3) is 3.71. The molecule has 0 saturated heterocycles. The van der Waals surface area contributed by atoms with Gasteiger partial charge in [0.25, 0.3) is 5.69 Å². The molecule has 3 aromatic rings. The number of aryl methyl sites for hydroxylation is 1. The number of nitrogens with one attached hydrogen (secondary N) is 1. The van der Waals surface area contributed by atoms with E-state index in [9.17, 15) is 14.9 Å². The van der Waals surface area contributed by atoms with Gasteiger partial charge in [0, 0.05) is 28.4 Å². The Morgan fingerprint density at radius 3 is 2.89 bits per heavy atom. The number of anilines is 1. The van der Waals surface area contributed by atoms with Crippen LogP contribution in [0.25, 0.3) is 0 Å². The number of carbonyl (C=O) groups excluding carboxylic acids is 1. The first-order valence-electron chi connectivity index (χ1n) is 8.91. The van der Waals surface area contributed by atoms with Crippen LogP contribution >= 0.6 is 22.7 Å². The van der Waals surface area contributed by atoms with Gasteiger partial charge in [0.15, 0.2) is 0 Å². The van der Waals surface area contributed by atoms with Gasteiger partial charge in [-0.15, -0.1) is 22.7 Å². The van der Waals surface area contributed by atoms with Crippen molar-refractivity contribution in [1.29, 1.82) is 0 Å². The molecule has 2 aromatic heterocycles. The van der Waals surface area contributed by atoms with E-state index in [1.165, 1.54) is 27.5 Å². The lowest BCUT2D eigenvalue weighted by Crippen LogP contribution is -2.40. The molecule has 28 heavy (non-hydrogen) atoms. The Balaban J connectivity index is 1.54. The number of benzene rings is 1. The molecule has 1 amide bonds. The zero-order valence-corrected chi connectivity index (χ0v) is 16.9. The highest BCUT2D eigenvalue weighted by Crippen LogP contribution is 2.39. The fourth-order valence-corrected chi connectivity index (χ4v) is 5.33. The number of carbonyl (C=O) groups is 1. The van der Waals surface area contributed by atoms with Crippen molar-refractivity contribution in [1.82, 2.24) is 4.90 Å². The largest absolute Gasteiger partial charge is 0.324 e. The maximum absolute atomic E-state index is 12.8. The molecule has 3 heterocycles. The Morgan fingerprint density at radius 1 is 1.29 bits per heavy atom. The number of fused-ring (bicyclic) bond motifs is 1. The van der Waals surface area contributed by atoms with Crippen LogP contribution in [-0.2, 0) is 11.2 Å². The number of thiophene rings is 2. The normalized spacial score (nSPS) is 16.5. The first-order valence-corrected chi connectivity index (χ1v) is 10.7. The number of rotatable bonds is 5. The summed E-state index contributed by atoms with van der Waals surface area (Å²) in [6.45, 7) is 2.86. The summed E-state index contributed by atoms with van der Waals surface area (Å²) in [6, 6.07) is 10.9. The predicted molar refractivity (Wildman–Crippen MR) is 112 cm³/mol. The first kappa shape index (κ1) is 18.8. The molecule has 144 valence electrons. The maximum Gasteiger partial charge on any atom is 0.271 e. The number of nitro groups is 1. The molecule has 0 unspecified atom stereocenters. The van der Waals surface area contributed by atoms with Crippen molar-refractivity contribution < 1.29 is 9.72 Å². The molecule has 0 aliphatic carbocycles. The van der Waals surface area contributed by atoms with E-state index in [1.54, 1.807) is 28.7 Å². The summed E-state index contributed by atoms with van der Waals surface area (Å²) in [7, 11) is 0. The molecule has 8 heteroatoms. The van der Waals surface area contributed by atoms with Gasteiger partial charge in [0.05, 0.1) is 23.2 Å². The van der Waals surface area contributed by atoms with Gasteiger partial charge in [0.1, 0.15) is 0 Å². The van der Waals surface area contributed by atoms with Crippen LogP contribution in [0.15, 0.2) is 47.2 Å². The minimum atomic E-state index is -0.454. The molecule has 1 aliphatic heterocycles. The van der Waals surface area contributed by atoms with Crippen molar-refractivity contribution in [3.8, 4) is 0 Å². The predicted octanol–water partition coefficient (Wildman–Crippen LogP) is 4.61. The highest BCUT2D eigenvalue weighted by atomic mass is 32.1. The second-order valence-corrected chi connectivity index (χ2v) is 8.72. The van der Waals surface area contributed by atoms with Crippen molar-refractivity contribution in [3.05, 3.63) is 78.2 Å². The molecule has 6 nitrogen and oxygen atoms in total. The number of nitrogens with zero attached hydrogens (tertiary/aromatic N) is 2. The quantitative estimate of drug-likeness (QED) is 0.489. The van der Waals surface area contributed by atoms with Crippen molar-refractivity contribution >= 4 is 40.0 Å². The van der Waals surface area contributed by atoms with E-state index in [1.807, 2.05) is 13.0 Å². The van der Waals surface area contributed by atoms with Gasteiger partial charge in [-0.1, -0.05) is 12.1 Å². The molecule has 1 N–H and O–H groups in total. The van der Waals surface area contributed by atoms with Crippen LogP contribution in [-0.4, -0.2) is 28.8 Å². The Bertz CT molecular complexity index is 1010. The van der Waals surface area contributed by atoms with Gasteiger partial charge < -0.3 is 5.32 Å². The zero-order valence-electron chi connectivity index (χ0n) is 15.3. The summed E-state index contributed by atoms with van der Waals surface area (Å²) < 4.78 is 0. The van der Waals surface area contributed by atoms with Crippen LogP contribution in [0.4, 0.5) is 11.4 Å². The summed E-state index contributed by atoms with van der Waals surface area (Å²) in [5.41, 5.74) is 2.53. The molecule has 0 saturated carbocycles. The van der Waals surface area contributed by atoms with Crippen molar-refractivity contribution in [2.45, 2.75) is 19.4 Å². The van der Waals surface area contributed by atoms with E-state index in [-0.39, 0.29) is 24.2 Å². The molecule has 1 atom stereocenters. The number of nitro benzene ring substituents is 1. The number of non-ortho nitro benzene ring substituents is 1. The van der Waals surface area contributed by atoms with Crippen molar-refractivity contribution in [2.75, 3.05) is 18.4 Å². The van der Waals surface area contributed by atoms with E-state index in [0.29, 0.717) is 5.69 Å². The topological polar surface area (TPSA) is 75.5 Å². The Kier molecular flexibility index (Phi) is 5.25. The molecule has 1 aromatic carbocycles. The number of hydrogen-bond donors (Lipinski definition) is 1. The zero-order chi connectivity index (χ0) is 19.7. The number of hydrogen-bond acceptors (Lipinski definition) is 6. The maximum atomic E-state index is 12.8. The monoisotopic (exact) mass is 413 g/mol. The first-order chi connectivity index (χ1) is 13.5. The fourth-order valence-electron chi connectivity index (χ4n) is 3.55. The van der Waals surface area contributed by atoms with Crippen molar-refractivity contribution in [2.24, 2.45) is 0 Å². The minimum absolute atomic E-state index is 0.0294. The lowest BCUT2D eigenvalue weighted by molar-refractivity contribution is -0.384. The van der Waals surface area contributed by atoms with Crippen LogP contribution in [0.3, 0.4) is 0 Å². The van der Waals surface area contributed by atoms with Crippen LogP contribution in [0.2, 0.25) is 0 Å². The Morgan fingerprint density at radius 2 is 2.14 bits per heavy atom. The fraction of sp³-hybridized carbons (Fsp3) is 0.250. The molecule has 1 aliphatic rings. The van der Waals surface area contributed by atoms with Gasteiger partial charge >= 0.3 is 0 Å². The van der Waals surface area contributed by atoms with E-state index in [0.717, 1.165) is 18.5 Å². The molecule has 0 radical (unpaired) electrons. The van der Waals surface area contributed by atoms with Crippen LogP contribution in [0.5, 0.6) is 0 Å². The standard InChI is InChI=1S/C20H19N3O3S2/c1-13-4-5-14(23(25)26)11-16(13)21-19(24)12-22-8-6-17-15(7-10-28-17)20(22)18-3-2-9-27-18/h2-5,7,9-11,20H,6,8,12H2,1H3,(H,21,24)/t20-/m1/s1. The SMILES string of the molecule is Cc1ccc([N+](=O)[O-])cc1NC(=O)CN1CCc2sccc2[C@@H]1c1cccs1. The molecular formula is C20H19N3O3S2. The van der Waals surface area contributed by atoms with Gasteiger partial charge in [0.2, 0.25) is 5.91 Å². The second kappa shape index (κ2) is 7.83. The average molecular weight is 414 g/mol. The smallest absolute Gasteiger partial charge is 0.271 e. The molecule has 4 rings (SSSR count). The highest BCUT2D eigenvalue weighted by Gasteiger charge is 2.31. The number of amides is 1. The summed E-state index contributed by atoms with van der Waals surface area (Å²) in [5.74, 6) is -0.163. The molecular weight excluding hydrogens is 394 g/mol. The summed E-state index contributed by atoms with van der Waals surface area (Å²) in [4.78, 5) is 28.1. The molecule has 0 fully saturated rings. The van der Waals surface area contributed by atoms with Gasteiger partial charge in [-0.05, 0) is 47.4 Å². The molecule has 0 bridgehead atoms. The van der Waals surface area contributed by atoms with Gasteiger partial charge in [-0.3, -0.25) is 19.8 Å². The van der Waals surface area contributed by atoms with E-state index < -0.39 is 4.92 Å². The van der Waals surface area contributed by atoms with Crippen LogP contribution < -0.4 is 5.32 Å². The molecule has 0 spiro atoms. The summed E-state index contributed by atoms with van der Waals surface area (Å²) in [6.07, 6.45) is 0.929. The lowest BCUT2D eigenvalue weighted by Gasteiger charge is -2.34. The van der Waals surface area contributed by atoms with E-state index >= 15 is 0 Å². The van der Waals surface area contributed by atoms with E-state index in [2.05, 4.69) is 33.1 Å². The highest BCUT2D eigenvalue weighted by molar-refractivity contribution is 7.10. The van der Waals surface area contributed by atoms with Crippen LogP contribution in [0.1, 0.15) is 26.9 Å². The summed E-state index contributed by atoms with van der Waals surface area (Å²) in [5, 5.41) is 18.0. The lowest BCUT2D eigenvalue weighted by atomic mass is 9.98. The third-order valence-corrected chi connectivity index (χ3v) is 6.85. The summed E-state index contributed by atoms with van der Waals surface area (Å²) >= 11 is 3.46. The Labute approximate surface area is 170 Å². The average Bonchev–Trinajstić information content (AvgIpc) is 3.34. The van der Waals surface area contributed by atoms with Crippen molar-refractivity contribution in [3.63, 3.8) is 0 Å². The van der Waals surface area contributed by atoms with Gasteiger partial charge in [-0.25, -0.2) is 0 Å². The minimum Gasteiger partial charge on any atom is -0.324 e. The van der Waals surface area contributed by atoms with Gasteiger partial charge in [-0.2, -0.15) is 0 Å². The van der Waals surface area contributed by atoms with E-state index in [4.69, 9.17) is 0 Å². The Hall–Kier alpha value is -2.55. The third-order valence-electron chi connectivity index (χ3n) is 4.93. The second-order valence-electron chi connectivity index (χ2n) is 6.74.